The van der Waals surface area contributed by atoms with Gasteiger partial charge in [0.2, 0.25) is 10.0 Å². The predicted molar refractivity (Wildman–Crippen MR) is 94.5 cm³/mol. The first-order valence-corrected chi connectivity index (χ1v) is 9.77. The highest BCUT2D eigenvalue weighted by Crippen LogP contribution is 2.23. The van der Waals surface area contributed by atoms with E-state index < -0.39 is 10.0 Å². The molecule has 0 aliphatic rings. The monoisotopic (exact) mass is 348 g/mol. The number of nitrogens with zero attached hydrogens (tertiary/aromatic N) is 2. The molecule has 120 valence electrons. The summed E-state index contributed by atoms with van der Waals surface area (Å²) in [5, 5.41) is 6.35. The van der Waals surface area contributed by atoms with Crippen molar-refractivity contribution in [2.24, 2.45) is 0 Å². The molecular weight excluding hydrogens is 332 g/mol. The van der Waals surface area contributed by atoms with Crippen LogP contribution in [0.15, 0.2) is 42.0 Å². The van der Waals surface area contributed by atoms with E-state index in [0.717, 1.165) is 40.8 Å². The zero-order valence-corrected chi connectivity index (χ0v) is 14.1. The second-order valence-corrected chi connectivity index (χ2v) is 7.75. The van der Waals surface area contributed by atoms with Crippen LogP contribution in [-0.2, 0) is 16.4 Å². The van der Waals surface area contributed by atoms with Gasteiger partial charge in [-0.25, -0.2) is 18.4 Å². The van der Waals surface area contributed by atoms with Crippen molar-refractivity contribution in [1.82, 2.24) is 9.97 Å². The van der Waals surface area contributed by atoms with E-state index in [1.165, 1.54) is 0 Å². The van der Waals surface area contributed by atoms with Crippen LogP contribution in [0.3, 0.4) is 0 Å². The molecule has 6 nitrogen and oxygen atoms in total. The molecule has 0 saturated heterocycles. The van der Waals surface area contributed by atoms with Gasteiger partial charge in [0, 0.05) is 12.2 Å². The molecule has 0 unspecified atom stereocenters. The van der Waals surface area contributed by atoms with E-state index in [1.807, 2.05) is 23.6 Å². The lowest BCUT2D eigenvalue weighted by molar-refractivity contribution is 0.607. The standard InChI is InChI=1S/C15H16N4O2S2/c1-23(20,21)19-12-4-2-11(3-5-12)6-8-16-14-13-7-9-22-15(13)18-10-17-14/h2-5,7,9-10,19H,6,8H2,1H3,(H,16,17,18). The molecule has 3 rings (SSSR count). The Bertz CT molecular complexity index is 905. The van der Waals surface area contributed by atoms with E-state index in [4.69, 9.17) is 0 Å². The molecule has 3 aromatic rings. The molecule has 8 heteroatoms. The zero-order chi connectivity index (χ0) is 16.3. The van der Waals surface area contributed by atoms with Crippen LogP contribution in [0.5, 0.6) is 0 Å². The number of hydrogen-bond donors (Lipinski definition) is 2. The van der Waals surface area contributed by atoms with Crippen molar-refractivity contribution in [2.45, 2.75) is 6.42 Å². The van der Waals surface area contributed by atoms with Crippen LogP contribution in [0.1, 0.15) is 5.56 Å². The zero-order valence-electron chi connectivity index (χ0n) is 12.5. The summed E-state index contributed by atoms with van der Waals surface area (Å²) in [6, 6.07) is 9.36. The average molecular weight is 348 g/mol. The number of thiophene rings is 1. The number of fused-ring (bicyclic) bond motifs is 1. The van der Waals surface area contributed by atoms with Gasteiger partial charge in [0.15, 0.2) is 0 Å². The first kappa shape index (κ1) is 15.7. The summed E-state index contributed by atoms with van der Waals surface area (Å²) < 4.78 is 24.8. The van der Waals surface area contributed by atoms with E-state index in [0.29, 0.717) is 5.69 Å². The maximum absolute atomic E-state index is 11.2. The van der Waals surface area contributed by atoms with E-state index in [2.05, 4.69) is 20.0 Å². The Morgan fingerprint density at radius 3 is 2.65 bits per heavy atom. The summed E-state index contributed by atoms with van der Waals surface area (Å²) in [6.07, 6.45) is 3.51. The number of benzene rings is 1. The minimum Gasteiger partial charge on any atom is -0.369 e. The largest absolute Gasteiger partial charge is 0.369 e. The molecule has 0 amide bonds. The van der Waals surface area contributed by atoms with E-state index in [9.17, 15) is 8.42 Å². The van der Waals surface area contributed by atoms with Crippen molar-refractivity contribution >= 4 is 43.1 Å². The molecule has 2 aromatic heterocycles. The second-order valence-electron chi connectivity index (χ2n) is 5.11. The van der Waals surface area contributed by atoms with Gasteiger partial charge in [-0.1, -0.05) is 12.1 Å². The molecule has 2 heterocycles. The number of aromatic nitrogens is 2. The average Bonchev–Trinajstić information content (AvgIpc) is 2.97. The van der Waals surface area contributed by atoms with E-state index in [-0.39, 0.29) is 0 Å². The first-order valence-electron chi connectivity index (χ1n) is 7.00. The molecule has 0 aliphatic heterocycles. The fraction of sp³-hybridized carbons (Fsp3) is 0.200. The van der Waals surface area contributed by atoms with Gasteiger partial charge in [-0.3, -0.25) is 4.72 Å². The molecule has 0 atom stereocenters. The number of hydrogen-bond acceptors (Lipinski definition) is 6. The Labute approximate surface area is 138 Å². The van der Waals surface area contributed by atoms with Gasteiger partial charge >= 0.3 is 0 Å². The second kappa shape index (κ2) is 6.51. The lowest BCUT2D eigenvalue weighted by Gasteiger charge is -2.08. The van der Waals surface area contributed by atoms with Crippen LogP contribution >= 0.6 is 11.3 Å². The molecule has 0 saturated carbocycles. The van der Waals surface area contributed by atoms with E-state index in [1.54, 1.807) is 29.8 Å². The Morgan fingerprint density at radius 2 is 1.91 bits per heavy atom. The van der Waals surface area contributed by atoms with Crippen LogP contribution in [0.25, 0.3) is 10.2 Å². The van der Waals surface area contributed by atoms with Gasteiger partial charge < -0.3 is 5.32 Å². The SMILES string of the molecule is CS(=O)(=O)Nc1ccc(CCNc2ncnc3sccc23)cc1. The number of rotatable bonds is 6. The summed E-state index contributed by atoms with van der Waals surface area (Å²) >= 11 is 1.59. The van der Waals surface area contributed by atoms with Gasteiger partial charge in [-0.15, -0.1) is 11.3 Å². The van der Waals surface area contributed by atoms with Crippen molar-refractivity contribution in [2.75, 3.05) is 22.8 Å². The molecule has 1 aromatic carbocycles. The first-order chi connectivity index (χ1) is 11.0. The third-order valence-electron chi connectivity index (χ3n) is 3.23. The summed E-state index contributed by atoms with van der Waals surface area (Å²) in [4.78, 5) is 9.46. The van der Waals surface area contributed by atoms with Crippen molar-refractivity contribution in [3.05, 3.63) is 47.6 Å². The summed E-state index contributed by atoms with van der Waals surface area (Å²) in [6.45, 7) is 0.737. The van der Waals surface area contributed by atoms with Gasteiger partial charge in [0.25, 0.3) is 0 Å². The van der Waals surface area contributed by atoms with Crippen LogP contribution in [-0.4, -0.2) is 31.2 Å². The molecule has 2 N–H and O–H groups in total. The number of anilines is 2. The minimum absolute atomic E-state index is 0.569. The lowest BCUT2D eigenvalue weighted by Crippen LogP contribution is -2.10. The Kier molecular flexibility index (Phi) is 4.44. The molecule has 0 spiro atoms. The summed E-state index contributed by atoms with van der Waals surface area (Å²) in [5.74, 6) is 0.839. The molecule has 0 bridgehead atoms. The van der Waals surface area contributed by atoms with Gasteiger partial charge in [0.1, 0.15) is 17.0 Å². The maximum atomic E-state index is 11.2. The predicted octanol–water partition coefficient (Wildman–Crippen LogP) is 2.72. The third-order valence-corrected chi connectivity index (χ3v) is 4.65. The van der Waals surface area contributed by atoms with E-state index >= 15 is 0 Å². The number of nitrogens with one attached hydrogen (secondary N) is 2. The third kappa shape index (κ3) is 4.17. The van der Waals surface area contributed by atoms with Gasteiger partial charge in [-0.2, -0.15) is 0 Å². The van der Waals surface area contributed by atoms with Crippen molar-refractivity contribution in [3.8, 4) is 0 Å². The topological polar surface area (TPSA) is 84.0 Å². The highest BCUT2D eigenvalue weighted by molar-refractivity contribution is 7.92. The van der Waals surface area contributed by atoms with Crippen LogP contribution < -0.4 is 10.0 Å². The van der Waals surface area contributed by atoms with Crippen molar-refractivity contribution in [3.63, 3.8) is 0 Å². The van der Waals surface area contributed by atoms with Crippen LogP contribution in [0, 0.1) is 0 Å². The fourth-order valence-corrected chi connectivity index (χ4v) is 3.51. The Balaban J connectivity index is 1.59. The lowest BCUT2D eigenvalue weighted by atomic mass is 10.1. The summed E-state index contributed by atoms with van der Waals surface area (Å²) in [5.41, 5.74) is 1.69. The molecule has 23 heavy (non-hydrogen) atoms. The fourth-order valence-electron chi connectivity index (χ4n) is 2.21. The molecule has 0 aliphatic carbocycles. The highest BCUT2D eigenvalue weighted by atomic mass is 32.2. The smallest absolute Gasteiger partial charge is 0.229 e. The molecule has 0 radical (unpaired) electrons. The minimum atomic E-state index is -3.23. The Hall–Kier alpha value is -2.19. The van der Waals surface area contributed by atoms with Gasteiger partial charge in [-0.05, 0) is 35.6 Å². The van der Waals surface area contributed by atoms with Crippen LogP contribution in [0.4, 0.5) is 11.5 Å². The Morgan fingerprint density at radius 1 is 1.13 bits per heavy atom. The van der Waals surface area contributed by atoms with Crippen LogP contribution in [0.2, 0.25) is 0 Å². The number of sulfonamides is 1. The quantitative estimate of drug-likeness (QED) is 0.715. The highest BCUT2D eigenvalue weighted by Gasteiger charge is 2.04. The van der Waals surface area contributed by atoms with Gasteiger partial charge in [0.05, 0.1) is 11.6 Å². The molecule has 0 fully saturated rings. The summed E-state index contributed by atoms with van der Waals surface area (Å²) in [7, 11) is -3.23. The van der Waals surface area contributed by atoms with Crippen molar-refractivity contribution in [1.29, 1.82) is 0 Å². The van der Waals surface area contributed by atoms with Crippen molar-refractivity contribution < 1.29 is 8.42 Å². The maximum Gasteiger partial charge on any atom is 0.229 e. The molecular formula is C15H16N4O2S2. The normalized spacial score (nSPS) is 11.5.